The van der Waals surface area contributed by atoms with Crippen LogP contribution in [-0.2, 0) is 20.0 Å². The first-order chi connectivity index (χ1) is 13.6. The zero-order valence-corrected chi connectivity index (χ0v) is 16.1. The summed E-state index contributed by atoms with van der Waals surface area (Å²) in [7, 11) is 3.51. The Bertz CT molecular complexity index is 1020. The lowest BCUT2D eigenvalue weighted by Crippen LogP contribution is -2.29. The molecule has 0 spiro atoms. The highest BCUT2D eigenvalue weighted by molar-refractivity contribution is 5.92. The number of imidazole rings is 1. The predicted molar refractivity (Wildman–Crippen MR) is 104 cm³/mol. The van der Waals surface area contributed by atoms with Gasteiger partial charge in [-0.15, -0.1) is 0 Å². The van der Waals surface area contributed by atoms with Gasteiger partial charge in [0.05, 0.1) is 19.0 Å². The molecule has 2 aromatic heterocycles. The summed E-state index contributed by atoms with van der Waals surface area (Å²) in [4.78, 5) is 19.4. The van der Waals surface area contributed by atoms with E-state index in [1.807, 2.05) is 36.5 Å². The minimum atomic E-state index is 0.0306. The van der Waals surface area contributed by atoms with Gasteiger partial charge in [0.2, 0.25) is 0 Å². The van der Waals surface area contributed by atoms with E-state index >= 15 is 0 Å². The van der Waals surface area contributed by atoms with Crippen LogP contribution in [0.1, 0.15) is 16.3 Å². The van der Waals surface area contributed by atoms with E-state index in [0.29, 0.717) is 17.5 Å². The average Bonchev–Trinajstić information content (AvgIpc) is 3.43. The molecule has 7 heteroatoms. The van der Waals surface area contributed by atoms with Gasteiger partial charge < -0.3 is 14.2 Å². The number of aryl methyl sites for hydroxylation is 1. The first kappa shape index (κ1) is 17.0. The Morgan fingerprint density at radius 1 is 1.11 bits per heavy atom. The molecule has 7 nitrogen and oxygen atoms in total. The standard InChI is InChI=1S/C21H23N5O2/c1-24-8-7-18(23-24)21(27)25-11-15-9-20-22-10-19(26(20)13-16(15)12-25)14-3-5-17(28-2)6-4-14/h3-8,10,15-16H,9,11-13H2,1-2H3/t15-,16-/m0/s1. The molecule has 0 saturated carbocycles. The Labute approximate surface area is 163 Å². The lowest BCUT2D eigenvalue weighted by molar-refractivity contribution is 0.0777. The minimum Gasteiger partial charge on any atom is -0.497 e. The second-order valence-corrected chi connectivity index (χ2v) is 7.71. The van der Waals surface area contributed by atoms with Crippen molar-refractivity contribution < 1.29 is 9.53 Å². The normalized spacial score (nSPS) is 20.7. The molecular formula is C21H23N5O2. The van der Waals surface area contributed by atoms with Crippen molar-refractivity contribution in [1.82, 2.24) is 24.2 Å². The molecule has 0 bridgehead atoms. The van der Waals surface area contributed by atoms with Gasteiger partial charge in [-0.1, -0.05) is 0 Å². The van der Waals surface area contributed by atoms with Gasteiger partial charge in [-0.3, -0.25) is 9.48 Å². The maximum absolute atomic E-state index is 12.8. The highest BCUT2D eigenvalue weighted by atomic mass is 16.5. The monoisotopic (exact) mass is 377 g/mol. The largest absolute Gasteiger partial charge is 0.497 e. The Balaban J connectivity index is 1.36. The molecule has 2 aliphatic rings. The minimum absolute atomic E-state index is 0.0306. The van der Waals surface area contributed by atoms with E-state index in [-0.39, 0.29) is 5.91 Å². The zero-order chi connectivity index (χ0) is 19.3. The maximum Gasteiger partial charge on any atom is 0.274 e. The van der Waals surface area contributed by atoms with E-state index in [1.54, 1.807) is 17.9 Å². The number of nitrogens with zero attached hydrogens (tertiary/aromatic N) is 5. The molecule has 144 valence electrons. The molecule has 2 aliphatic heterocycles. The van der Waals surface area contributed by atoms with Crippen molar-refractivity contribution in [2.75, 3.05) is 20.2 Å². The Morgan fingerprint density at radius 3 is 2.61 bits per heavy atom. The van der Waals surface area contributed by atoms with Crippen LogP contribution in [-0.4, -0.2) is 50.3 Å². The summed E-state index contributed by atoms with van der Waals surface area (Å²) in [6.07, 6.45) is 4.69. The lowest BCUT2D eigenvalue weighted by atomic mass is 9.89. The van der Waals surface area contributed by atoms with Gasteiger partial charge in [0, 0.05) is 44.9 Å². The lowest BCUT2D eigenvalue weighted by Gasteiger charge is -2.26. The predicted octanol–water partition coefficient (Wildman–Crippen LogP) is 2.24. The summed E-state index contributed by atoms with van der Waals surface area (Å²) in [5.74, 6) is 2.90. The summed E-state index contributed by atoms with van der Waals surface area (Å²) in [6, 6.07) is 9.88. The summed E-state index contributed by atoms with van der Waals surface area (Å²) in [5.41, 5.74) is 2.79. The van der Waals surface area contributed by atoms with E-state index in [1.165, 1.54) is 0 Å². The number of likely N-dealkylation sites (tertiary alicyclic amines) is 1. The molecule has 28 heavy (non-hydrogen) atoms. The summed E-state index contributed by atoms with van der Waals surface area (Å²) >= 11 is 0. The topological polar surface area (TPSA) is 65.2 Å². The van der Waals surface area contributed by atoms with E-state index in [0.717, 1.165) is 48.9 Å². The van der Waals surface area contributed by atoms with Crippen molar-refractivity contribution in [2.24, 2.45) is 18.9 Å². The highest BCUT2D eigenvalue weighted by Gasteiger charge is 2.40. The second-order valence-electron chi connectivity index (χ2n) is 7.71. The van der Waals surface area contributed by atoms with Gasteiger partial charge in [-0.25, -0.2) is 4.98 Å². The van der Waals surface area contributed by atoms with Gasteiger partial charge in [-0.05, 0) is 42.2 Å². The molecule has 0 radical (unpaired) electrons. The van der Waals surface area contributed by atoms with Crippen LogP contribution < -0.4 is 4.74 Å². The molecule has 3 aromatic rings. The van der Waals surface area contributed by atoms with Gasteiger partial charge in [0.1, 0.15) is 17.3 Å². The number of fused-ring (bicyclic) bond motifs is 2. The van der Waals surface area contributed by atoms with Gasteiger partial charge in [0.25, 0.3) is 5.91 Å². The Kier molecular flexibility index (Phi) is 3.96. The van der Waals surface area contributed by atoms with E-state index < -0.39 is 0 Å². The first-order valence-corrected chi connectivity index (χ1v) is 9.60. The van der Waals surface area contributed by atoms with Crippen LogP contribution in [0.25, 0.3) is 11.3 Å². The fourth-order valence-electron chi connectivity index (χ4n) is 4.48. The molecule has 4 heterocycles. The number of hydrogen-bond acceptors (Lipinski definition) is 4. The molecular weight excluding hydrogens is 354 g/mol. The third-order valence-corrected chi connectivity index (χ3v) is 5.98. The van der Waals surface area contributed by atoms with Crippen LogP contribution in [0, 0.1) is 11.8 Å². The quantitative estimate of drug-likeness (QED) is 0.702. The third kappa shape index (κ3) is 2.78. The van der Waals surface area contributed by atoms with Crippen LogP contribution in [0.5, 0.6) is 5.75 Å². The van der Waals surface area contributed by atoms with E-state index in [4.69, 9.17) is 4.74 Å². The number of amides is 1. The summed E-state index contributed by atoms with van der Waals surface area (Å²) in [6.45, 7) is 2.46. The van der Waals surface area contributed by atoms with Gasteiger partial charge in [0.15, 0.2) is 0 Å². The molecule has 0 aliphatic carbocycles. The van der Waals surface area contributed by atoms with Crippen LogP contribution in [0.3, 0.4) is 0 Å². The Hall–Kier alpha value is -3.09. The van der Waals surface area contributed by atoms with Crippen LogP contribution in [0.2, 0.25) is 0 Å². The third-order valence-electron chi connectivity index (χ3n) is 5.98. The van der Waals surface area contributed by atoms with Crippen LogP contribution in [0.15, 0.2) is 42.7 Å². The molecule has 1 amide bonds. The molecule has 5 rings (SSSR count). The number of rotatable bonds is 3. The zero-order valence-electron chi connectivity index (χ0n) is 16.1. The molecule has 1 saturated heterocycles. The number of carbonyl (C=O) groups excluding carboxylic acids is 1. The van der Waals surface area contributed by atoms with Crippen molar-refractivity contribution in [3.8, 4) is 17.0 Å². The fourth-order valence-corrected chi connectivity index (χ4v) is 4.48. The number of hydrogen-bond donors (Lipinski definition) is 0. The van der Waals surface area contributed by atoms with Crippen molar-refractivity contribution in [2.45, 2.75) is 13.0 Å². The average molecular weight is 377 g/mol. The molecule has 2 atom stereocenters. The summed E-state index contributed by atoms with van der Waals surface area (Å²) in [5, 5.41) is 4.27. The molecule has 1 aromatic carbocycles. The van der Waals surface area contributed by atoms with Gasteiger partial charge >= 0.3 is 0 Å². The number of benzene rings is 1. The smallest absolute Gasteiger partial charge is 0.274 e. The molecule has 0 unspecified atom stereocenters. The van der Waals surface area contributed by atoms with E-state index in [9.17, 15) is 4.79 Å². The number of methoxy groups -OCH3 is 1. The van der Waals surface area contributed by atoms with Crippen LogP contribution in [0.4, 0.5) is 0 Å². The molecule has 0 N–H and O–H groups in total. The fraction of sp³-hybridized carbons (Fsp3) is 0.381. The highest BCUT2D eigenvalue weighted by Crippen LogP contribution is 2.36. The van der Waals surface area contributed by atoms with Crippen molar-refractivity contribution >= 4 is 5.91 Å². The number of ether oxygens (including phenoxy) is 1. The van der Waals surface area contributed by atoms with Crippen molar-refractivity contribution in [3.63, 3.8) is 0 Å². The SMILES string of the molecule is COc1ccc(-c2cnc3n2C[C@@H]2CN(C(=O)c4ccn(C)n4)C[C@@H]2C3)cc1. The van der Waals surface area contributed by atoms with Gasteiger partial charge in [-0.2, -0.15) is 5.10 Å². The Morgan fingerprint density at radius 2 is 1.89 bits per heavy atom. The number of aromatic nitrogens is 4. The second kappa shape index (κ2) is 6.51. The maximum atomic E-state index is 12.8. The number of carbonyl (C=O) groups is 1. The summed E-state index contributed by atoms with van der Waals surface area (Å²) < 4.78 is 9.25. The van der Waals surface area contributed by atoms with Crippen molar-refractivity contribution in [1.29, 1.82) is 0 Å². The first-order valence-electron chi connectivity index (χ1n) is 9.60. The van der Waals surface area contributed by atoms with E-state index in [2.05, 4.69) is 26.8 Å². The van der Waals surface area contributed by atoms with Crippen molar-refractivity contribution in [3.05, 3.63) is 54.2 Å². The van der Waals surface area contributed by atoms with Crippen LogP contribution >= 0.6 is 0 Å². The molecule has 1 fully saturated rings.